The molecule has 5 nitrogen and oxygen atoms in total. The molecular formula is C12H13ClFNO4. The summed E-state index contributed by atoms with van der Waals surface area (Å²) in [5.41, 5.74) is -0.197. The van der Waals surface area contributed by atoms with Crippen molar-refractivity contribution >= 4 is 23.5 Å². The summed E-state index contributed by atoms with van der Waals surface area (Å²) in [4.78, 5) is 22.2. The van der Waals surface area contributed by atoms with E-state index in [0.29, 0.717) is 0 Å². The molecular weight excluding hydrogens is 277 g/mol. The molecule has 2 N–H and O–H groups in total. The second-order valence-corrected chi connectivity index (χ2v) is 4.17. The summed E-state index contributed by atoms with van der Waals surface area (Å²) in [6.45, 7) is -0.0341. The largest absolute Gasteiger partial charge is 0.481 e. The van der Waals surface area contributed by atoms with Crippen molar-refractivity contribution in [2.75, 3.05) is 13.7 Å². The molecule has 1 unspecified atom stereocenters. The van der Waals surface area contributed by atoms with E-state index in [0.717, 1.165) is 0 Å². The van der Waals surface area contributed by atoms with E-state index in [1.54, 1.807) is 0 Å². The molecule has 0 radical (unpaired) electrons. The minimum absolute atomic E-state index is 0.0341. The molecule has 19 heavy (non-hydrogen) atoms. The summed E-state index contributed by atoms with van der Waals surface area (Å²) in [5, 5.41) is 10.9. The molecule has 1 amide bonds. The van der Waals surface area contributed by atoms with Crippen LogP contribution in [0.5, 0.6) is 0 Å². The topological polar surface area (TPSA) is 75.6 Å². The maximum Gasteiger partial charge on any atom is 0.306 e. The number of benzene rings is 1. The molecule has 0 aliphatic heterocycles. The van der Waals surface area contributed by atoms with Crippen LogP contribution in [0, 0.1) is 5.82 Å². The molecule has 0 saturated carbocycles. The van der Waals surface area contributed by atoms with Gasteiger partial charge in [-0.15, -0.1) is 0 Å². The van der Waals surface area contributed by atoms with E-state index < -0.39 is 23.8 Å². The Bertz CT molecular complexity index is 481. The van der Waals surface area contributed by atoms with Gasteiger partial charge in [0.1, 0.15) is 0 Å². The molecule has 0 aromatic heterocycles. The number of methoxy groups -OCH3 is 1. The fraction of sp³-hybridized carbons (Fsp3) is 0.333. The van der Waals surface area contributed by atoms with E-state index in [1.165, 1.54) is 25.3 Å². The number of ether oxygens (including phenoxy) is 1. The maximum absolute atomic E-state index is 13.6. The lowest BCUT2D eigenvalue weighted by atomic mass is 10.2. The molecule has 0 aliphatic rings. The van der Waals surface area contributed by atoms with Crippen LogP contribution >= 0.6 is 11.6 Å². The predicted molar refractivity (Wildman–Crippen MR) is 66.8 cm³/mol. The van der Waals surface area contributed by atoms with Gasteiger partial charge in [0.05, 0.1) is 23.1 Å². The van der Waals surface area contributed by atoms with Crippen LogP contribution in [-0.2, 0) is 9.53 Å². The third-order valence-corrected chi connectivity index (χ3v) is 2.71. The third-order valence-electron chi connectivity index (χ3n) is 2.42. The van der Waals surface area contributed by atoms with Gasteiger partial charge in [-0.05, 0) is 12.1 Å². The normalized spacial score (nSPS) is 11.9. The number of halogens is 2. The van der Waals surface area contributed by atoms with Crippen molar-refractivity contribution in [2.45, 2.75) is 12.5 Å². The molecule has 104 valence electrons. The van der Waals surface area contributed by atoms with Gasteiger partial charge >= 0.3 is 5.97 Å². The average Bonchev–Trinajstić information content (AvgIpc) is 2.37. The highest BCUT2D eigenvalue weighted by Crippen LogP contribution is 2.17. The molecule has 0 fully saturated rings. The standard InChI is InChI=1S/C12H13ClFNO4/c1-19-7(5-10(16)17)6-15-12(18)8-3-2-4-9(13)11(8)14/h2-4,7H,5-6H2,1H3,(H,15,18)(H,16,17). The van der Waals surface area contributed by atoms with Gasteiger partial charge in [-0.1, -0.05) is 17.7 Å². The zero-order valence-corrected chi connectivity index (χ0v) is 10.9. The lowest BCUT2D eigenvalue weighted by Crippen LogP contribution is -2.34. The molecule has 1 atom stereocenters. The van der Waals surface area contributed by atoms with Crippen molar-refractivity contribution in [3.8, 4) is 0 Å². The molecule has 0 bridgehead atoms. The summed E-state index contributed by atoms with van der Waals surface area (Å²) >= 11 is 5.56. The molecule has 7 heteroatoms. The number of carboxylic acids is 1. The van der Waals surface area contributed by atoms with Crippen LogP contribution in [0.1, 0.15) is 16.8 Å². The summed E-state index contributed by atoms with van der Waals surface area (Å²) < 4.78 is 18.4. The van der Waals surface area contributed by atoms with Crippen LogP contribution in [0.15, 0.2) is 18.2 Å². The number of carbonyl (C=O) groups is 2. The molecule has 1 rings (SSSR count). The number of carbonyl (C=O) groups excluding carboxylic acids is 1. The summed E-state index contributed by atoms with van der Waals surface area (Å²) in [6, 6.07) is 4.07. The van der Waals surface area contributed by atoms with Gasteiger partial charge < -0.3 is 15.2 Å². The Balaban J connectivity index is 2.64. The number of amides is 1. The first kappa shape index (κ1) is 15.4. The van der Waals surface area contributed by atoms with E-state index in [9.17, 15) is 14.0 Å². The molecule has 0 spiro atoms. The van der Waals surface area contributed by atoms with Crippen LogP contribution in [0.4, 0.5) is 4.39 Å². The van der Waals surface area contributed by atoms with Gasteiger partial charge in [0, 0.05) is 13.7 Å². The Morgan fingerprint density at radius 1 is 1.53 bits per heavy atom. The Morgan fingerprint density at radius 3 is 2.79 bits per heavy atom. The number of rotatable bonds is 6. The van der Waals surface area contributed by atoms with Gasteiger partial charge in [-0.2, -0.15) is 0 Å². The molecule has 1 aromatic rings. The highest BCUT2D eigenvalue weighted by Gasteiger charge is 2.17. The summed E-state index contributed by atoms with van der Waals surface area (Å²) in [6.07, 6.45) is -0.932. The van der Waals surface area contributed by atoms with E-state index in [4.69, 9.17) is 21.4 Å². The van der Waals surface area contributed by atoms with Crippen molar-refractivity contribution < 1.29 is 23.8 Å². The second kappa shape index (κ2) is 7.06. The van der Waals surface area contributed by atoms with E-state index in [1.807, 2.05) is 0 Å². The number of nitrogens with one attached hydrogen (secondary N) is 1. The van der Waals surface area contributed by atoms with Crippen molar-refractivity contribution in [3.05, 3.63) is 34.6 Å². The lowest BCUT2D eigenvalue weighted by molar-refractivity contribution is -0.139. The maximum atomic E-state index is 13.6. The quantitative estimate of drug-likeness (QED) is 0.836. The van der Waals surface area contributed by atoms with Gasteiger partial charge in [0.2, 0.25) is 0 Å². The zero-order valence-electron chi connectivity index (χ0n) is 10.2. The SMILES string of the molecule is COC(CNC(=O)c1cccc(Cl)c1F)CC(=O)O. The number of carboxylic acid groups (broad SMARTS) is 1. The minimum atomic E-state index is -1.05. The van der Waals surface area contributed by atoms with Gasteiger partial charge in [-0.25, -0.2) is 4.39 Å². The average molecular weight is 290 g/mol. The van der Waals surface area contributed by atoms with E-state index in [2.05, 4.69) is 5.32 Å². The number of aliphatic carboxylic acids is 1. The van der Waals surface area contributed by atoms with Gasteiger partial charge in [0.25, 0.3) is 5.91 Å². The molecule has 1 aromatic carbocycles. The van der Waals surface area contributed by atoms with Crippen LogP contribution in [0.25, 0.3) is 0 Å². The Hall–Kier alpha value is -1.66. The fourth-order valence-corrected chi connectivity index (χ4v) is 1.59. The smallest absolute Gasteiger partial charge is 0.306 e. The van der Waals surface area contributed by atoms with Crippen LogP contribution < -0.4 is 5.32 Å². The van der Waals surface area contributed by atoms with Crippen molar-refractivity contribution in [2.24, 2.45) is 0 Å². The van der Waals surface area contributed by atoms with Crippen molar-refractivity contribution in [1.82, 2.24) is 5.32 Å². The fourth-order valence-electron chi connectivity index (χ4n) is 1.41. The highest BCUT2D eigenvalue weighted by molar-refractivity contribution is 6.31. The van der Waals surface area contributed by atoms with Gasteiger partial charge in [0.15, 0.2) is 5.82 Å². The summed E-state index contributed by atoms with van der Waals surface area (Å²) in [5.74, 6) is -2.53. The van der Waals surface area contributed by atoms with Crippen molar-refractivity contribution in [1.29, 1.82) is 0 Å². The second-order valence-electron chi connectivity index (χ2n) is 3.77. The Kier molecular flexibility index (Phi) is 5.72. The first-order valence-corrected chi connectivity index (χ1v) is 5.80. The van der Waals surface area contributed by atoms with E-state index in [-0.39, 0.29) is 23.6 Å². The van der Waals surface area contributed by atoms with Crippen molar-refractivity contribution in [3.63, 3.8) is 0 Å². The molecule has 0 heterocycles. The van der Waals surface area contributed by atoms with Gasteiger partial charge in [-0.3, -0.25) is 9.59 Å². The Morgan fingerprint density at radius 2 is 2.21 bits per heavy atom. The van der Waals surface area contributed by atoms with Crippen LogP contribution in [0.2, 0.25) is 5.02 Å². The molecule has 0 saturated heterocycles. The molecule has 0 aliphatic carbocycles. The predicted octanol–water partition coefficient (Wildman–Crippen LogP) is 1.70. The van der Waals surface area contributed by atoms with Crippen LogP contribution in [-0.4, -0.2) is 36.7 Å². The summed E-state index contributed by atoms with van der Waals surface area (Å²) in [7, 11) is 1.33. The first-order valence-electron chi connectivity index (χ1n) is 5.42. The number of hydrogen-bond donors (Lipinski definition) is 2. The van der Waals surface area contributed by atoms with Crippen LogP contribution in [0.3, 0.4) is 0 Å². The highest BCUT2D eigenvalue weighted by atomic mass is 35.5. The zero-order chi connectivity index (χ0) is 14.4. The van der Waals surface area contributed by atoms with E-state index >= 15 is 0 Å². The number of hydrogen-bond acceptors (Lipinski definition) is 3. The lowest BCUT2D eigenvalue weighted by Gasteiger charge is -2.14. The first-order chi connectivity index (χ1) is 8.95. The monoisotopic (exact) mass is 289 g/mol. The Labute approximate surface area is 114 Å². The third kappa shape index (κ3) is 4.50. The minimum Gasteiger partial charge on any atom is -0.481 e.